The minimum absolute atomic E-state index is 0.219. The van der Waals surface area contributed by atoms with Gasteiger partial charge < -0.3 is 4.74 Å². The molecule has 4 aromatic carbocycles. The highest BCUT2D eigenvalue weighted by Crippen LogP contribution is 2.49. The van der Waals surface area contributed by atoms with Crippen LogP contribution in [0, 0.1) is 0 Å². The van der Waals surface area contributed by atoms with Crippen LogP contribution in [0.2, 0.25) is 0 Å². The van der Waals surface area contributed by atoms with Crippen LogP contribution in [-0.2, 0) is 9.53 Å². The van der Waals surface area contributed by atoms with Crippen LogP contribution in [0.1, 0.15) is 25.8 Å². The Bertz CT molecular complexity index is 1430. The third-order valence-electron chi connectivity index (χ3n) is 6.56. The second-order valence-corrected chi connectivity index (χ2v) is 13.5. The van der Waals surface area contributed by atoms with Crippen molar-refractivity contribution in [2.45, 2.75) is 25.5 Å². The van der Waals surface area contributed by atoms with E-state index in [1.807, 2.05) is 62.4 Å². The monoisotopic (exact) mass is 550 g/mol. The lowest BCUT2D eigenvalue weighted by Gasteiger charge is -2.30. The van der Waals surface area contributed by atoms with E-state index in [9.17, 15) is 4.79 Å². The fourth-order valence-electron chi connectivity index (χ4n) is 4.77. The molecule has 5 rings (SSSR count). The normalized spacial score (nSPS) is 13.9. The Kier molecular flexibility index (Phi) is 8.61. The maximum absolute atomic E-state index is 12.9. The summed E-state index contributed by atoms with van der Waals surface area (Å²) in [6.07, 6.45) is 0.629. The first-order valence-electron chi connectivity index (χ1n) is 13.2. The first-order valence-corrected chi connectivity index (χ1v) is 15.8. The summed E-state index contributed by atoms with van der Waals surface area (Å²) in [6, 6.07) is 41.9. The maximum atomic E-state index is 12.9. The van der Waals surface area contributed by atoms with E-state index in [0.29, 0.717) is 18.9 Å². The van der Waals surface area contributed by atoms with Crippen molar-refractivity contribution in [1.29, 1.82) is 0 Å². The van der Waals surface area contributed by atoms with Crippen molar-refractivity contribution in [1.82, 2.24) is 0 Å². The number of carbonyl (C=O) groups excluding carboxylic acids is 1. The molecule has 0 spiro atoms. The van der Waals surface area contributed by atoms with Gasteiger partial charge in [0.1, 0.15) is 15.7 Å². The maximum Gasteiger partial charge on any atom is 0.319 e. The lowest BCUT2D eigenvalue weighted by atomic mass is 10.2. The minimum atomic E-state index is -2.50. The highest BCUT2D eigenvalue weighted by Gasteiger charge is 2.37. The topological polar surface area (TPSA) is 51.0 Å². The van der Waals surface area contributed by atoms with E-state index < -0.39 is 6.89 Å². The third-order valence-corrected chi connectivity index (χ3v) is 12.2. The second-order valence-electron chi connectivity index (χ2n) is 8.99. The molecule has 0 saturated carbocycles. The summed E-state index contributed by atoms with van der Waals surface area (Å²) in [5.74, 6) is 0.447. The summed E-state index contributed by atoms with van der Waals surface area (Å²) in [6.45, 7) is 1.70. The fraction of sp³-hybridized carbons (Fsp3) is 0.152. The fourth-order valence-corrected chi connectivity index (χ4v) is 10.3. The van der Waals surface area contributed by atoms with Crippen LogP contribution in [0.25, 0.3) is 0 Å². The molecular weight excluding hydrogens is 519 g/mol. The quantitative estimate of drug-likeness (QED) is 0.198. The lowest BCUT2D eigenvalue weighted by Crippen LogP contribution is -2.32. The first-order chi connectivity index (χ1) is 19.2. The van der Waals surface area contributed by atoms with Gasteiger partial charge in [-0.25, -0.2) is 9.98 Å². The average molecular weight is 551 g/mol. The second kappa shape index (κ2) is 12.5. The molecule has 0 fully saturated rings. The Morgan fingerprint density at radius 3 is 1.62 bits per heavy atom. The molecule has 0 amide bonds. The molecule has 0 aliphatic carbocycles. The van der Waals surface area contributed by atoms with Crippen molar-refractivity contribution in [3.8, 4) is 0 Å². The van der Waals surface area contributed by atoms with Crippen molar-refractivity contribution < 1.29 is 9.53 Å². The summed E-state index contributed by atoms with van der Waals surface area (Å²) >= 11 is 1.47. The summed E-state index contributed by atoms with van der Waals surface area (Å²) in [5.41, 5.74) is 1.86. The zero-order valence-electron chi connectivity index (χ0n) is 22.1. The Morgan fingerprint density at radius 2 is 1.18 bits per heavy atom. The molecule has 1 atom stereocenters. The van der Waals surface area contributed by atoms with Crippen LogP contribution in [0.4, 0.5) is 0 Å². The number of esters is 1. The first kappa shape index (κ1) is 26.9. The Hall–Kier alpha value is -3.66. The van der Waals surface area contributed by atoms with Gasteiger partial charge in [-0.05, 0) is 29.3 Å². The van der Waals surface area contributed by atoms with E-state index in [2.05, 4.69) is 72.8 Å². The third kappa shape index (κ3) is 5.43. The molecule has 1 aliphatic rings. The van der Waals surface area contributed by atoms with E-state index in [1.54, 1.807) is 0 Å². The average Bonchev–Trinajstić information content (AvgIpc) is 3.42. The molecule has 1 heterocycles. The molecule has 39 heavy (non-hydrogen) atoms. The standard InChI is InChI=1S/C33H31N2O2PS/c1-3-29(33(36)37-4-2)39-32-31(34-30(35-32)25-17-9-5-10-18-25)38(26-19-11-6-12-20-26,27-21-13-7-14-22-27)28-23-15-8-16-24-28/h5-24,29H,3-4H2,1-2H3/t29-/m0/s1. The molecule has 0 saturated heterocycles. The molecule has 1 aliphatic heterocycles. The van der Waals surface area contributed by atoms with Gasteiger partial charge >= 0.3 is 5.97 Å². The van der Waals surface area contributed by atoms with Crippen LogP contribution >= 0.6 is 18.6 Å². The molecule has 0 aromatic heterocycles. The van der Waals surface area contributed by atoms with Crippen LogP contribution < -0.4 is 15.9 Å². The van der Waals surface area contributed by atoms with Crippen molar-refractivity contribution in [2.24, 2.45) is 9.98 Å². The number of ether oxygens (including phenoxy) is 1. The van der Waals surface area contributed by atoms with Crippen molar-refractivity contribution in [3.63, 3.8) is 0 Å². The zero-order chi connectivity index (χ0) is 27.1. The molecule has 4 aromatic rings. The zero-order valence-corrected chi connectivity index (χ0v) is 23.8. The largest absolute Gasteiger partial charge is 0.465 e. The Morgan fingerprint density at radius 1 is 0.718 bits per heavy atom. The van der Waals surface area contributed by atoms with Gasteiger partial charge in [-0.3, -0.25) is 4.79 Å². The molecule has 4 nitrogen and oxygen atoms in total. The number of carbonyl (C=O) groups is 1. The SMILES string of the molecule is CCOC(=O)[C@H](CC)SC1=NC(c2ccccc2)=NC1=P(c1ccccc1)(c1ccccc1)c1ccccc1. The molecule has 0 bridgehead atoms. The van der Waals surface area contributed by atoms with Crippen LogP contribution in [0.5, 0.6) is 0 Å². The van der Waals surface area contributed by atoms with Gasteiger partial charge in [0.25, 0.3) is 0 Å². The number of hydrogen-bond acceptors (Lipinski definition) is 4. The van der Waals surface area contributed by atoms with Gasteiger partial charge in [0, 0.05) is 12.4 Å². The van der Waals surface area contributed by atoms with Crippen LogP contribution in [0.15, 0.2) is 131 Å². The van der Waals surface area contributed by atoms with E-state index in [1.165, 1.54) is 27.7 Å². The predicted octanol–water partition coefficient (Wildman–Crippen LogP) is 6.04. The van der Waals surface area contributed by atoms with Gasteiger partial charge in [0.05, 0.1) is 6.61 Å². The predicted molar refractivity (Wildman–Crippen MR) is 169 cm³/mol. The van der Waals surface area contributed by atoms with Gasteiger partial charge in [-0.1, -0.05) is 140 Å². The molecule has 6 heteroatoms. The Labute approximate surface area is 234 Å². The highest BCUT2D eigenvalue weighted by molar-refractivity contribution is 8.19. The number of nitrogens with zero attached hydrogens (tertiary/aromatic N) is 2. The molecule has 0 N–H and O–H groups in total. The van der Waals surface area contributed by atoms with Crippen LogP contribution in [0.3, 0.4) is 0 Å². The van der Waals surface area contributed by atoms with Crippen molar-refractivity contribution in [3.05, 3.63) is 127 Å². The minimum Gasteiger partial charge on any atom is -0.465 e. The van der Waals surface area contributed by atoms with Gasteiger partial charge in [-0.2, -0.15) is 0 Å². The van der Waals surface area contributed by atoms with E-state index in [4.69, 9.17) is 14.7 Å². The Balaban J connectivity index is 1.88. The number of rotatable bonds is 8. The number of benzene rings is 4. The molecule has 196 valence electrons. The van der Waals surface area contributed by atoms with Crippen molar-refractivity contribution >= 4 is 56.8 Å². The van der Waals surface area contributed by atoms with Gasteiger partial charge in [0.2, 0.25) is 0 Å². The van der Waals surface area contributed by atoms with E-state index in [-0.39, 0.29) is 11.2 Å². The van der Waals surface area contributed by atoms with E-state index in [0.717, 1.165) is 16.0 Å². The van der Waals surface area contributed by atoms with Crippen LogP contribution in [-0.4, -0.2) is 34.1 Å². The van der Waals surface area contributed by atoms with Gasteiger partial charge in [-0.15, -0.1) is 0 Å². The van der Waals surface area contributed by atoms with Gasteiger partial charge in [0.15, 0.2) is 5.84 Å². The lowest BCUT2D eigenvalue weighted by molar-refractivity contribution is -0.142. The highest BCUT2D eigenvalue weighted by atomic mass is 32.2. The summed E-state index contributed by atoms with van der Waals surface area (Å²) in [5, 5.41) is 3.96. The number of hydrogen-bond donors (Lipinski definition) is 0. The summed E-state index contributed by atoms with van der Waals surface area (Å²) in [7, 11) is 0. The van der Waals surface area contributed by atoms with E-state index >= 15 is 0 Å². The summed E-state index contributed by atoms with van der Waals surface area (Å²) in [4.78, 5) is 23.4. The van der Waals surface area contributed by atoms with Crippen molar-refractivity contribution in [2.75, 3.05) is 6.61 Å². The molecule has 0 unspecified atom stereocenters. The smallest absolute Gasteiger partial charge is 0.319 e. The number of aliphatic imine (C=N–C) groups is 2. The molecular formula is C33H31N2O2PS. The number of amidine groups is 1. The summed E-state index contributed by atoms with van der Waals surface area (Å²) < 4.78 is 5.44. The number of thioether (sulfide) groups is 1. The molecule has 0 radical (unpaired) electrons.